The van der Waals surface area contributed by atoms with E-state index in [1.165, 1.54) is 25.7 Å². The molecule has 2 rings (SSSR count). The van der Waals surface area contributed by atoms with E-state index in [1.54, 1.807) is 6.07 Å². The molecule has 1 aromatic carbocycles. The maximum absolute atomic E-state index is 11.3. The second kappa shape index (κ2) is 10.7. The van der Waals surface area contributed by atoms with E-state index in [1.807, 2.05) is 18.2 Å². The third kappa shape index (κ3) is 6.45. The first kappa shape index (κ1) is 22.7. The van der Waals surface area contributed by atoms with Crippen molar-refractivity contribution in [3.63, 3.8) is 0 Å². The molecule has 26 heavy (non-hydrogen) atoms. The van der Waals surface area contributed by atoms with Gasteiger partial charge in [0.1, 0.15) is 0 Å². The molecule has 1 unspecified atom stereocenters. The van der Waals surface area contributed by atoms with Gasteiger partial charge >= 0.3 is 0 Å². The number of hydrogen-bond donors (Lipinski definition) is 2. The summed E-state index contributed by atoms with van der Waals surface area (Å²) in [6.07, 6.45) is 4.97. The van der Waals surface area contributed by atoms with E-state index in [-0.39, 0.29) is 24.0 Å². The van der Waals surface area contributed by atoms with Crippen LogP contribution in [-0.4, -0.2) is 36.4 Å². The van der Waals surface area contributed by atoms with Crippen molar-refractivity contribution >= 4 is 35.8 Å². The number of hydrogen-bond acceptors (Lipinski definition) is 2. The average Bonchev–Trinajstić information content (AvgIpc) is 2.58. The second-order valence-electron chi connectivity index (χ2n) is 7.32. The number of aliphatic imine (C=N–C) groups is 1. The number of nitrogens with one attached hydrogen (secondary N) is 1. The van der Waals surface area contributed by atoms with Crippen LogP contribution in [-0.2, 0) is 6.54 Å². The minimum Gasteiger partial charge on any atom is -0.366 e. The molecule has 1 aromatic rings. The number of halogens is 1. The molecular weight excluding hydrogens is 439 g/mol. The molecule has 3 N–H and O–H groups in total. The fourth-order valence-corrected chi connectivity index (χ4v) is 3.72. The van der Waals surface area contributed by atoms with Gasteiger partial charge in [-0.1, -0.05) is 32.4 Å². The minimum absolute atomic E-state index is 0. The van der Waals surface area contributed by atoms with E-state index in [2.05, 4.69) is 31.0 Å². The summed E-state index contributed by atoms with van der Waals surface area (Å²) in [6.45, 7) is 10.2. The average molecular weight is 472 g/mol. The molecule has 5 nitrogen and oxygen atoms in total. The quantitative estimate of drug-likeness (QED) is 0.376. The summed E-state index contributed by atoms with van der Waals surface area (Å²) in [5.74, 6) is 0.568. The van der Waals surface area contributed by atoms with Gasteiger partial charge < -0.3 is 16.0 Å². The zero-order valence-electron chi connectivity index (χ0n) is 16.3. The van der Waals surface area contributed by atoms with Gasteiger partial charge in [0.05, 0.1) is 6.54 Å². The molecule has 146 valence electrons. The maximum atomic E-state index is 11.3. The molecule has 1 aliphatic heterocycles. The van der Waals surface area contributed by atoms with Crippen LogP contribution in [0.15, 0.2) is 29.3 Å². The lowest BCUT2D eigenvalue weighted by molar-refractivity contribution is 0.1000. The monoisotopic (exact) mass is 472 g/mol. The normalized spacial score (nSPS) is 20.4. The summed E-state index contributed by atoms with van der Waals surface area (Å²) in [7, 11) is 0. The fourth-order valence-electron chi connectivity index (χ4n) is 3.72. The van der Waals surface area contributed by atoms with E-state index in [0.717, 1.165) is 31.2 Å². The molecule has 1 heterocycles. The van der Waals surface area contributed by atoms with Crippen LogP contribution < -0.4 is 11.1 Å². The van der Waals surface area contributed by atoms with Crippen molar-refractivity contribution in [2.45, 2.75) is 53.0 Å². The van der Waals surface area contributed by atoms with Crippen LogP contribution in [0.1, 0.15) is 62.4 Å². The van der Waals surface area contributed by atoms with Crippen molar-refractivity contribution in [3.05, 3.63) is 35.4 Å². The van der Waals surface area contributed by atoms with Crippen LogP contribution in [0.25, 0.3) is 0 Å². The van der Waals surface area contributed by atoms with Gasteiger partial charge in [0, 0.05) is 25.2 Å². The first-order valence-electron chi connectivity index (χ1n) is 9.39. The lowest BCUT2D eigenvalue weighted by atomic mass is 9.78. The largest absolute Gasteiger partial charge is 0.366 e. The SMILES string of the molecule is CCCC1(C)CCCN(C(=NCc2cccc(C(N)=O)c2)NCC)C1.I. The van der Waals surface area contributed by atoms with Gasteiger partial charge in [-0.25, -0.2) is 4.99 Å². The van der Waals surface area contributed by atoms with Crippen molar-refractivity contribution < 1.29 is 4.79 Å². The van der Waals surface area contributed by atoms with Crippen LogP contribution in [0.2, 0.25) is 0 Å². The van der Waals surface area contributed by atoms with Crippen molar-refractivity contribution in [2.75, 3.05) is 19.6 Å². The Balaban J connectivity index is 0.00000338. The van der Waals surface area contributed by atoms with Crippen LogP contribution in [0.5, 0.6) is 0 Å². The highest BCUT2D eigenvalue weighted by atomic mass is 127. The molecule has 1 fully saturated rings. The van der Waals surface area contributed by atoms with Gasteiger partial charge in [-0.15, -0.1) is 24.0 Å². The highest BCUT2D eigenvalue weighted by Crippen LogP contribution is 2.33. The molecule has 0 saturated carbocycles. The molecule has 1 amide bonds. The highest BCUT2D eigenvalue weighted by molar-refractivity contribution is 14.0. The van der Waals surface area contributed by atoms with Gasteiger partial charge in [0.2, 0.25) is 5.91 Å². The summed E-state index contributed by atoms with van der Waals surface area (Å²) in [4.78, 5) is 18.5. The summed E-state index contributed by atoms with van der Waals surface area (Å²) >= 11 is 0. The van der Waals surface area contributed by atoms with Crippen LogP contribution >= 0.6 is 24.0 Å². The molecular formula is C20H33IN4O. The Morgan fingerprint density at radius 1 is 1.38 bits per heavy atom. The Hall–Kier alpha value is -1.31. The van der Waals surface area contributed by atoms with Crippen molar-refractivity contribution in [1.82, 2.24) is 10.2 Å². The number of guanidine groups is 1. The lowest BCUT2D eigenvalue weighted by Gasteiger charge is -2.42. The zero-order chi connectivity index (χ0) is 18.3. The standard InChI is InChI=1S/C20H32N4O.HI/c1-4-10-20(3)11-7-12-24(15-20)19(22-5-2)23-14-16-8-6-9-17(13-16)18(21)25;/h6,8-9,13H,4-5,7,10-12,14-15H2,1-3H3,(H2,21,25)(H,22,23);1H. The number of carbonyl (C=O) groups is 1. The van der Waals surface area contributed by atoms with Gasteiger partial charge in [-0.3, -0.25) is 4.79 Å². The van der Waals surface area contributed by atoms with Crippen LogP contribution in [0.4, 0.5) is 0 Å². The molecule has 0 spiro atoms. The number of rotatable bonds is 6. The Morgan fingerprint density at radius 3 is 2.81 bits per heavy atom. The summed E-state index contributed by atoms with van der Waals surface area (Å²) in [6, 6.07) is 7.41. The van der Waals surface area contributed by atoms with E-state index >= 15 is 0 Å². The minimum atomic E-state index is -0.399. The number of carbonyl (C=O) groups excluding carboxylic acids is 1. The first-order valence-corrected chi connectivity index (χ1v) is 9.39. The van der Waals surface area contributed by atoms with Gasteiger partial charge in [0.25, 0.3) is 0 Å². The number of amides is 1. The Labute approximate surface area is 174 Å². The number of benzene rings is 1. The van der Waals surface area contributed by atoms with Gasteiger partial charge in [-0.05, 0) is 49.3 Å². The molecule has 0 aliphatic carbocycles. The molecule has 1 atom stereocenters. The Kier molecular flexibility index (Phi) is 9.39. The van der Waals surface area contributed by atoms with E-state index in [9.17, 15) is 4.79 Å². The number of piperidine rings is 1. The third-order valence-corrected chi connectivity index (χ3v) is 4.89. The summed E-state index contributed by atoms with van der Waals surface area (Å²) < 4.78 is 0. The van der Waals surface area contributed by atoms with Crippen molar-refractivity contribution in [3.8, 4) is 0 Å². The van der Waals surface area contributed by atoms with Crippen molar-refractivity contribution in [2.24, 2.45) is 16.1 Å². The van der Waals surface area contributed by atoms with Crippen LogP contribution in [0.3, 0.4) is 0 Å². The predicted molar refractivity (Wildman–Crippen MR) is 119 cm³/mol. The van der Waals surface area contributed by atoms with E-state index in [4.69, 9.17) is 10.7 Å². The maximum Gasteiger partial charge on any atom is 0.248 e. The van der Waals surface area contributed by atoms with E-state index < -0.39 is 5.91 Å². The molecule has 0 aromatic heterocycles. The Bertz CT molecular complexity index is 616. The van der Waals surface area contributed by atoms with Gasteiger partial charge in [-0.2, -0.15) is 0 Å². The molecule has 0 radical (unpaired) electrons. The molecule has 1 saturated heterocycles. The molecule has 1 aliphatic rings. The lowest BCUT2D eigenvalue weighted by Crippen LogP contribution is -2.49. The molecule has 0 bridgehead atoms. The molecule has 6 heteroatoms. The van der Waals surface area contributed by atoms with E-state index in [0.29, 0.717) is 17.5 Å². The highest BCUT2D eigenvalue weighted by Gasteiger charge is 2.31. The first-order chi connectivity index (χ1) is 12.0. The number of nitrogens with zero attached hydrogens (tertiary/aromatic N) is 2. The summed E-state index contributed by atoms with van der Waals surface area (Å²) in [5, 5.41) is 3.42. The predicted octanol–water partition coefficient (Wildman–Crippen LogP) is 3.77. The smallest absolute Gasteiger partial charge is 0.248 e. The number of primary amides is 1. The van der Waals surface area contributed by atoms with Crippen molar-refractivity contribution in [1.29, 1.82) is 0 Å². The number of likely N-dealkylation sites (tertiary alicyclic amines) is 1. The van der Waals surface area contributed by atoms with Gasteiger partial charge in [0.15, 0.2) is 5.96 Å². The summed E-state index contributed by atoms with van der Waals surface area (Å²) in [5.41, 5.74) is 7.27. The van der Waals surface area contributed by atoms with Crippen LogP contribution in [0, 0.1) is 5.41 Å². The third-order valence-electron chi connectivity index (χ3n) is 4.89. The zero-order valence-corrected chi connectivity index (χ0v) is 18.6. The Morgan fingerprint density at radius 2 is 2.15 bits per heavy atom. The number of nitrogens with two attached hydrogens (primary N) is 1. The topological polar surface area (TPSA) is 70.7 Å². The fraction of sp³-hybridized carbons (Fsp3) is 0.600. The second-order valence-corrected chi connectivity index (χ2v) is 7.32.